The Hall–Kier alpha value is -1.42. The molecule has 5 aliphatic carbocycles. The number of carbonyl (C=O) groups excluding carboxylic acids is 2. The third kappa shape index (κ3) is 3.49. The SMILES string of the molecule is C=CCOC(=O)[C@@]1(C)CC[C@]2(C)CC[C@]3(C)C(=CC(=O)[C@@H]4[C@@]5(C)CC[C@H](O)C(C)(C)[C@@H]5CC[C@]43C)C2C1. The van der Waals surface area contributed by atoms with Crippen molar-refractivity contribution < 1.29 is 19.4 Å². The van der Waals surface area contributed by atoms with Gasteiger partial charge in [-0.15, -0.1) is 0 Å². The Bertz CT molecular complexity index is 1040. The second-order valence-electron chi connectivity index (χ2n) is 15.5. The van der Waals surface area contributed by atoms with Gasteiger partial charge in [-0.05, 0) is 110 Å². The molecule has 4 saturated carbocycles. The summed E-state index contributed by atoms with van der Waals surface area (Å²) in [7, 11) is 0. The molecule has 9 atom stereocenters. The number of ether oxygens (including phenoxy) is 1. The summed E-state index contributed by atoms with van der Waals surface area (Å²) in [4.78, 5) is 27.5. The van der Waals surface area contributed by atoms with E-state index in [1.807, 2.05) is 0 Å². The van der Waals surface area contributed by atoms with Gasteiger partial charge in [0.1, 0.15) is 6.61 Å². The molecule has 4 heteroatoms. The first-order valence-electron chi connectivity index (χ1n) is 14.8. The lowest BCUT2D eigenvalue weighted by molar-refractivity contribution is -0.202. The molecule has 0 radical (unpaired) electrons. The predicted octanol–water partition coefficient (Wildman–Crippen LogP) is 7.06. The van der Waals surface area contributed by atoms with Crippen molar-refractivity contribution >= 4 is 11.8 Å². The summed E-state index contributed by atoms with van der Waals surface area (Å²) in [6.07, 6.45) is 12.0. The third-order valence-electron chi connectivity index (χ3n) is 13.4. The van der Waals surface area contributed by atoms with Gasteiger partial charge in [-0.2, -0.15) is 0 Å². The van der Waals surface area contributed by atoms with Gasteiger partial charge in [0.25, 0.3) is 0 Å². The molecule has 37 heavy (non-hydrogen) atoms. The van der Waals surface area contributed by atoms with E-state index in [9.17, 15) is 14.7 Å². The second kappa shape index (κ2) is 8.29. The molecular formula is C33H50O4. The van der Waals surface area contributed by atoms with Crippen molar-refractivity contribution in [1.82, 2.24) is 0 Å². The molecule has 0 aromatic heterocycles. The minimum atomic E-state index is -0.528. The Morgan fingerprint density at radius 1 is 1.03 bits per heavy atom. The topological polar surface area (TPSA) is 63.6 Å². The number of carbonyl (C=O) groups is 2. The summed E-state index contributed by atoms with van der Waals surface area (Å²) in [6, 6.07) is 0. The minimum absolute atomic E-state index is 0.0174. The Kier molecular flexibility index (Phi) is 6.09. The smallest absolute Gasteiger partial charge is 0.312 e. The lowest BCUT2D eigenvalue weighted by atomic mass is 9.33. The highest BCUT2D eigenvalue weighted by Crippen LogP contribution is 2.75. The average molecular weight is 511 g/mol. The van der Waals surface area contributed by atoms with Crippen LogP contribution in [0.1, 0.15) is 106 Å². The van der Waals surface area contributed by atoms with E-state index in [4.69, 9.17) is 4.74 Å². The number of aliphatic hydroxyl groups is 1. The molecule has 5 rings (SSSR count). The van der Waals surface area contributed by atoms with E-state index in [0.29, 0.717) is 11.7 Å². The maximum atomic E-state index is 14.4. The van der Waals surface area contributed by atoms with Crippen LogP contribution in [0.15, 0.2) is 24.3 Å². The van der Waals surface area contributed by atoms with Crippen LogP contribution in [0.5, 0.6) is 0 Å². The van der Waals surface area contributed by atoms with Crippen LogP contribution in [0.2, 0.25) is 0 Å². The Labute approximate surface area is 224 Å². The normalized spacial score (nSPS) is 50.5. The number of fused-ring (bicyclic) bond motifs is 7. The highest BCUT2D eigenvalue weighted by atomic mass is 16.5. The number of esters is 1. The zero-order chi connectivity index (χ0) is 27.2. The fourth-order valence-electron chi connectivity index (χ4n) is 10.7. The minimum Gasteiger partial charge on any atom is -0.461 e. The molecule has 0 aromatic rings. The molecule has 0 bridgehead atoms. The van der Waals surface area contributed by atoms with Crippen LogP contribution in [0.3, 0.4) is 0 Å². The Morgan fingerprint density at radius 3 is 2.38 bits per heavy atom. The summed E-state index contributed by atoms with van der Waals surface area (Å²) in [5, 5.41) is 10.9. The van der Waals surface area contributed by atoms with Crippen molar-refractivity contribution in [3.63, 3.8) is 0 Å². The second-order valence-corrected chi connectivity index (χ2v) is 15.5. The molecule has 0 aromatic carbocycles. The van der Waals surface area contributed by atoms with E-state index in [1.165, 1.54) is 5.57 Å². The molecule has 1 unspecified atom stereocenters. The predicted molar refractivity (Wildman–Crippen MR) is 147 cm³/mol. The number of hydrogen-bond acceptors (Lipinski definition) is 4. The quantitative estimate of drug-likeness (QED) is 0.326. The van der Waals surface area contributed by atoms with Crippen molar-refractivity contribution in [2.75, 3.05) is 6.61 Å². The van der Waals surface area contributed by atoms with Crippen molar-refractivity contribution in [2.24, 2.45) is 50.2 Å². The first-order chi connectivity index (χ1) is 17.1. The van der Waals surface area contributed by atoms with E-state index in [-0.39, 0.29) is 57.6 Å². The van der Waals surface area contributed by atoms with Gasteiger partial charge in [0.05, 0.1) is 11.5 Å². The highest BCUT2D eigenvalue weighted by molar-refractivity contribution is 5.95. The van der Waals surface area contributed by atoms with E-state index in [1.54, 1.807) is 6.08 Å². The largest absolute Gasteiger partial charge is 0.461 e. The molecule has 5 aliphatic rings. The summed E-state index contributed by atoms with van der Waals surface area (Å²) in [5.41, 5.74) is 0.453. The zero-order valence-corrected chi connectivity index (χ0v) is 24.4. The Balaban J connectivity index is 1.57. The van der Waals surface area contributed by atoms with E-state index >= 15 is 0 Å². The monoisotopic (exact) mass is 510 g/mol. The van der Waals surface area contributed by atoms with E-state index < -0.39 is 5.41 Å². The van der Waals surface area contributed by atoms with Gasteiger partial charge >= 0.3 is 5.97 Å². The van der Waals surface area contributed by atoms with Crippen molar-refractivity contribution in [3.05, 3.63) is 24.3 Å². The number of aliphatic hydroxyl groups excluding tert-OH is 1. The number of rotatable bonds is 3. The van der Waals surface area contributed by atoms with Crippen molar-refractivity contribution in [2.45, 2.75) is 112 Å². The molecule has 0 saturated heterocycles. The maximum absolute atomic E-state index is 14.4. The maximum Gasteiger partial charge on any atom is 0.312 e. The zero-order valence-electron chi connectivity index (χ0n) is 24.4. The third-order valence-corrected chi connectivity index (χ3v) is 13.4. The lowest BCUT2D eigenvalue weighted by Gasteiger charge is -2.70. The molecule has 206 valence electrons. The van der Waals surface area contributed by atoms with Gasteiger partial charge in [0.15, 0.2) is 5.78 Å². The van der Waals surface area contributed by atoms with E-state index in [2.05, 4.69) is 61.1 Å². The van der Waals surface area contributed by atoms with Crippen LogP contribution >= 0.6 is 0 Å². The number of hydrogen-bond donors (Lipinski definition) is 1. The number of allylic oxidation sites excluding steroid dienone is 2. The fraction of sp³-hybridized carbons (Fsp3) is 0.818. The first kappa shape index (κ1) is 27.2. The summed E-state index contributed by atoms with van der Waals surface area (Å²) >= 11 is 0. The van der Waals surface area contributed by atoms with Crippen molar-refractivity contribution in [1.29, 1.82) is 0 Å². The Morgan fingerprint density at radius 2 is 1.70 bits per heavy atom. The van der Waals surface area contributed by atoms with Crippen LogP contribution in [0.4, 0.5) is 0 Å². The van der Waals surface area contributed by atoms with Crippen LogP contribution in [0.25, 0.3) is 0 Å². The fourth-order valence-corrected chi connectivity index (χ4v) is 10.7. The first-order valence-corrected chi connectivity index (χ1v) is 14.8. The average Bonchev–Trinajstić information content (AvgIpc) is 2.82. The summed E-state index contributed by atoms with van der Waals surface area (Å²) < 4.78 is 5.57. The molecule has 0 heterocycles. The summed E-state index contributed by atoms with van der Waals surface area (Å²) in [6.45, 7) is 20.1. The van der Waals surface area contributed by atoms with Crippen LogP contribution in [0, 0.1) is 50.2 Å². The van der Waals surface area contributed by atoms with Gasteiger partial charge < -0.3 is 9.84 Å². The molecule has 0 amide bonds. The van der Waals surface area contributed by atoms with Crippen molar-refractivity contribution in [3.8, 4) is 0 Å². The standard InChI is InChI=1S/C33H50O4/c1-9-18-37-27(36)30(5)15-14-29(4)16-17-32(7)21(22(29)20-30)19-23(34)26-31(6)12-11-25(35)28(2,3)24(31)10-13-33(26,32)8/h9,19,22,24-26,35H,1,10-18,20H2,2-8H3/t22?,24-,25-,26+,29+,30-,31-,32+,33+/m0/s1. The lowest BCUT2D eigenvalue weighted by Crippen LogP contribution is -2.66. The highest BCUT2D eigenvalue weighted by Gasteiger charge is 2.70. The molecule has 4 nitrogen and oxygen atoms in total. The van der Waals surface area contributed by atoms with E-state index in [0.717, 1.165) is 57.8 Å². The van der Waals surface area contributed by atoms with Gasteiger partial charge in [0, 0.05) is 5.92 Å². The van der Waals surface area contributed by atoms with Gasteiger partial charge in [-0.1, -0.05) is 59.8 Å². The summed E-state index contributed by atoms with van der Waals surface area (Å²) in [5.74, 6) is 0.731. The van der Waals surface area contributed by atoms with Crippen LogP contribution in [-0.2, 0) is 14.3 Å². The molecule has 0 aliphatic heterocycles. The van der Waals surface area contributed by atoms with Crippen LogP contribution in [-0.4, -0.2) is 29.6 Å². The van der Waals surface area contributed by atoms with Gasteiger partial charge in [-0.25, -0.2) is 0 Å². The number of ketones is 1. The molecule has 0 spiro atoms. The molecular weight excluding hydrogens is 460 g/mol. The van der Waals surface area contributed by atoms with Gasteiger partial charge in [0.2, 0.25) is 0 Å². The van der Waals surface area contributed by atoms with Gasteiger partial charge in [-0.3, -0.25) is 9.59 Å². The molecule has 4 fully saturated rings. The van der Waals surface area contributed by atoms with Crippen LogP contribution < -0.4 is 0 Å². The molecule has 1 N–H and O–H groups in total.